The molecule has 2 heterocycles. The number of benzene rings is 2. The van der Waals surface area contributed by atoms with Crippen LogP contribution in [0.25, 0.3) is 6.08 Å². The molecule has 0 spiro atoms. The molecule has 0 aliphatic carbocycles. The first-order valence-corrected chi connectivity index (χ1v) is 10.9. The summed E-state index contributed by atoms with van der Waals surface area (Å²) >= 11 is 7.35. The molecule has 0 atom stereocenters. The molecule has 2 N–H and O–H groups in total. The minimum absolute atomic E-state index is 0.0933. The Hall–Kier alpha value is -3.30. The molecule has 164 valence electrons. The van der Waals surface area contributed by atoms with E-state index in [1.807, 2.05) is 31.2 Å². The predicted octanol–water partition coefficient (Wildman–Crippen LogP) is 3.48. The molecule has 1 aromatic heterocycles. The van der Waals surface area contributed by atoms with E-state index in [1.165, 1.54) is 23.5 Å². The Balaban J connectivity index is 1.60. The lowest BCUT2D eigenvalue weighted by atomic mass is 10.1. The zero-order valence-corrected chi connectivity index (χ0v) is 18.8. The summed E-state index contributed by atoms with van der Waals surface area (Å²) in [4.78, 5) is 17.5. The Morgan fingerprint density at radius 1 is 1.25 bits per heavy atom. The fraction of sp³-hybridized carbons (Fsp3) is 0.182. The standard InChI is InChI=1S/C22H19ClFN5O2S/c1-3-31-20-15-8-12(4-7-17(15)27-21(25-2)29-20)9-18-19(30)28-22(32-18)26-11-13-5-6-14(24)10-16(13)23/h4-10,30H,3,11H2,1-2H3,(H,26,28)/b12-9-,25-21?. The molecular weight excluding hydrogens is 453 g/mol. The number of hydrogen-bond acceptors (Lipinski definition) is 6. The lowest BCUT2D eigenvalue weighted by molar-refractivity contribution is 0.328. The second kappa shape index (κ2) is 9.46. The highest BCUT2D eigenvalue weighted by molar-refractivity contribution is 7.16. The van der Waals surface area contributed by atoms with Gasteiger partial charge < -0.3 is 15.2 Å². The van der Waals surface area contributed by atoms with Crippen molar-refractivity contribution in [2.45, 2.75) is 13.5 Å². The average molecular weight is 472 g/mol. The number of aliphatic imine (C=N–C) groups is 2. The van der Waals surface area contributed by atoms with Crippen molar-refractivity contribution in [2.75, 3.05) is 19.0 Å². The SMILES string of the molecule is CCOC1=NC(=NC)N=c2cc/c(=C/c3sc(NCc4ccc(F)cc4Cl)nc3O)cc21. The fourth-order valence-corrected chi connectivity index (χ4v) is 4.07. The molecular formula is C22H19ClFN5O2S. The number of halogens is 2. The number of aromatic hydroxyl groups is 1. The number of ether oxygens (including phenoxy) is 1. The summed E-state index contributed by atoms with van der Waals surface area (Å²) in [5.41, 5.74) is 1.48. The van der Waals surface area contributed by atoms with Gasteiger partial charge in [-0.3, -0.25) is 4.99 Å². The van der Waals surface area contributed by atoms with E-state index in [0.29, 0.717) is 45.4 Å². The van der Waals surface area contributed by atoms with Crippen molar-refractivity contribution >= 4 is 46.0 Å². The molecule has 0 bridgehead atoms. The molecule has 0 fully saturated rings. The summed E-state index contributed by atoms with van der Waals surface area (Å²) in [6, 6.07) is 9.84. The zero-order chi connectivity index (χ0) is 22.7. The Labute approximate surface area is 192 Å². The molecule has 1 aliphatic heterocycles. The minimum Gasteiger partial charge on any atom is -0.492 e. The second-order valence-corrected chi connectivity index (χ2v) is 8.14. The Morgan fingerprint density at radius 2 is 2.09 bits per heavy atom. The van der Waals surface area contributed by atoms with Crippen LogP contribution in [0.1, 0.15) is 22.9 Å². The summed E-state index contributed by atoms with van der Waals surface area (Å²) in [6.07, 6.45) is 1.82. The van der Waals surface area contributed by atoms with Crippen LogP contribution in [0.5, 0.6) is 5.88 Å². The number of fused-ring (bicyclic) bond motifs is 1. The number of rotatable bonds is 5. The van der Waals surface area contributed by atoms with Crippen LogP contribution in [0, 0.1) is 5.82 Å². The zero-order valence-electron chi connectivity index (χ0n) is 17.3. The van der Waals surface area contributed by atoms with Gasteiger partial charge in [0.15, 0.2) is 5.13 Å². The van der Waals surface area contributed by atoms with E-state index in [2.05, 4.69) is 25.3 Å². The van der Waals surface area contributed by atoms with Crippen molar-refractivity contribution in [1.29, 1.82) is 0 Å². The van der Waals surface area contributed by atoms with E-state index in [1.54, 1.807) is 13.1 Å². The quantitative estimate of drug-likeness (QED) is 0.596. The van der Waals surface area contributed by atoms with Gasteiger partial charge in [-0.1, -0.05) is 35.1 Å². The van der Waals surface area contributed by atoms with E-state index in [9.17, 15) is 9.50 Å². The summed E-state index contributed by atoms with van der Waals surface area (Å²) < 4.78 is 18.9. The molecule has 3 aromatic rings. The van der Waals surface area contributed by atoms with Crippen LogP contribution in [-0.2, 0) is 11.3 Å². The van der Waals surface area contributed by atoms with Crippen LogP contribution in [0.3, 0.4) is 0 Å². The van der Waals surface area contributed by atoms with Crippen LogP contribution in [0.4, 0.5) is 9.52 Å². The number of nitrogens with one attached hydrogen (secondary N) is 1. The highest BCUT2D eigenvalue weighted by atomic mass is 35.5. The van der Waals surface area contributed by atoms with Gasteiger partial charge in [0.05, 0.1) is 22.4 Å². The molecule has 0 saturated heterocycles. The van der Waals surface area contributed by atoms with E-state index >= 15 is 0 Å². The summed E-state index contributed by atoms with van der Waals surface area (Å²) in [5.74, 6) is 0.329. The number of aromatic nitrogens is 1. The normalized spacial score (nSPS) is 14.7. The maximum atomic E-state index is 13.2. The molecule has 0 radical (unpaired) electrons. The Morgan fingerprint density at radius 3 is 2.84 bits per heavy atom. The summed E-state index contributed by atoms with van der Waals surface area (Å²) in [7, 11) is 1.63. The molecule has 4 rings (SSSR count). The van der Waals surface area contributed by atoms with Crippen molar-refractivity contribution < 1.29 is 14.2 Å². The Kier molecular flexibility index (Phi) is 6.48. The van der Waals surface area contributed by atoms with Crippen LogP contribution in [-0.4, -0.2) is 35.6 Å². The van der Waals surface area contributed by atoms with Gasteiger partial charge in [0.1, 0.15) is 5.82 Å². The first kappa shape index (κ1) is 21.9. The molecule has 0 amide bonds. The molecule has 10 heteroatoms. The van der Waals surface area contributed by atoms with Crippen LogP contribution in [0.2, 0.25) is 5.02 Å². The van der Waals surface area contributed by atoms with E-state index in [4.69, 9.17) is 16.3 Å². The number of thiazole rings is 1. The fourth-order valence-electron chi connectivity index (χ4n) is 3.02. The van der Waals surface area contributed by atoms with Gasteiger partial charge in [-0.2, -0.15) is 9.98 Å². The van der Waals surface area contributed by atoms with Crippen molar-refractivity contribution in [2.24, 2.45) is 15.0 Å². The number of guanidine groups is 1. The lowest BCUT2D eigenvalue weighted by Crippen LogP contribution is -2.27. The molecule has 0 unspecified atom stereocenters. The maximum absolute atomic E-state index is 13.2. The largest absolute Gasteiger partial charge is 0.492 e. The van der Waals surface area contributed by atoms with Crippen LogP contribution < -0.4 is 15.9 Å². The first-order valence-electron chi connectivity index (χ1n) is 9.73. The van der Waals surface area contributed by atoms with Gasteiger partial charge in [0.2, 0.25) is 17.7 Å². The monoisotopic (exact) mass is 471 g/mol. The first-order chi connectivity index (χ1) is 15.5. The molecule has 7 nitrogen and oxygen atoms in total. The second-order valence-electron chi connectivity index (χ2n) is 6.70. The lowest BCUT2D eigenvalue weighted by Gasteiger charge is -2.11. The van der Waals surface area contributed by atoms with Gasteiger partial charge >= 0.3 is 0 Å². The maximum Gasteiger partial charge on any atom is 0.248 e. The van der Waals surface area contributed by atoms with Gasteiger partial charge in [-0.05, 0) is 48.0 Å². The van der Waals surface area contributed by atoms with Gasteiger partial charge in [-0.25, -0.2) is 9.38 Å². The third-order valence-electron chi connectivity index (χ3n) is 4.53. The van der Waals surface area contributed by atoms with E-state index in [0.717, 1.165) is 16.3 Å². The molecule has 32 heavy (non-hydrogen) atoms. The van der Waals surface area contributed by atoms with Crippen LogP contribution in [0.15, 0.2) is 51.4 Å². The van der Waals surface area contributed by atoms with E-state index in [-0.39, 0.29) is 5.88 Å². The molecule has 2 aromatic carbocycles. The molecule has 0 saturated carbocycles. The van der Waals surface area contributed by atoms with E-state index < -0.39 is 5.82 Å². The van der Waals surface area contributed by atoms with Crippen molar-refractivity contribution in [3.05, 3.63) is 73.8 Å². The highest BCUT2D eigenvalue weighted by Gasteiger charge is 2.15. The topological polar surface area (TPSA) is 91.5 Å². The third-order valence-corrected chi connectivity index (χ3v) is 5.83. The minimum atomic E-state index is -0.392. The average Bonchev–Trinajstić information content (AvgIpc) is 3.12. The smallest absolute Gasteiger partial charge is 0.248 e. The highest BCUT2D eigenvalue weighted by Crippen LogP contribution is 2.29. The van der Waals surface area contributed by atoms with Crippen molar-refractivity contribution in [1.82, 2.24) is 4.98 Å². The third kappa shape index (κ3) is 4.79. The van der Waals surface area contributed by atoms with Crippen molar-refractivity contribution in [3.8, 4) is 5.88 Å². The number of nitrogens with zero attached hydrogens (tertiary/aromatic N) is 4. The Bertz CT molecular complexity index is 1350. The van der Waals surface area contributed by atoms with Gasteiger partial charge in [0.25, 0.3) is 0 Å². The van der Waals surface area contributed by atoms with Crippen molar-refractivity contribution in [3.63, 3.8) is 0 Å². The van der Waals surface area contributed by atoms with Gasteiger partial charge in [0, 0.05) is 18.6 Å². The number of anilines is 1. The molecule has 1 aliphatic rings. The predicted molar refractivity (Wildman–Crippen MR) is 125 cm³/mol. The summed E-state index contributed by atoms with van der Waals surface area (Å²) in [5, 5.41) is 15.8. The summed E-state index contributed by atoms with van der Waals surface area (Å²) in [6.45, 7) is 2.70. The van der Waals surface area contributed by atoms with Gasteiger partial charge in [-0.15, -0.1) is 0 Å². The van der Waals surface area contributed by atoms with Crippen LogP contribution >= 0.6 is 22.9 Å². The number of hydrogen-bond donors (Lipinski definition) is 2.